The number of H-pyrrole nitrogens is 1. The van der Waals surface area contributed by atoms with Gasteiger partial charge in [0.15, 0.2) is 11.5 Å². The number of thiol groups is 1. The van der Waals surface area contributed by atoms with Crippen molar-refractivity contribution in [1.29, 1.82) is 0 Å². The molecule has 0 fully saturated rings. The monoisotopic (exact) mass is 361 g/mol. The molecule has 0 amide bonds. The second kappa shape index (κ2) is 11.1. The van der Waals surface area contributed by atoms with Crippen LogP contribution in [0.1, 0.15) is 0 Å². The molecule has 12 nitrogen and oxygen atoms in total. The van der Waals surface area contributed by atoms with Gasteiger partial charge in [-0.2, -0.15) is 12.6 Å². The fourth-order valence-electron chi connectivity index (χ4n) is 0.940. The van der Waals surface area contributed by atoms with Crippen LogP contribution in [0.5, 0.6) is 0 Å². The molecule has 2 aromatic heterocycles. The number of anilines is 1. The van der Waals surface area contributed by atoms with E-state index in [1.807, 2.05) is 0 Å². The molecule has 134 valence electrons. The molecule has 0 bridgehead atoms. The SMILES string of the molecule is N[C@@H](CO)C(=O)O.N[C@@H](CS)C(=O)O.Nc1ncnc2nc[nH]c12. The largest absolute Gasteiger partial charge is 0.480 e. The number of aliphatic hydroxyl groups is 1. The van der Waals surface area contributed by atoms with Crippen molar-refractivity contribution in [2.24, 2.45) is 11.5 Å². The van der Waals surface area contributed by atoms with Crippen molar-refractivity contribution in [3.05, 3.63) is 12.7 Å². The van der Waals surface area contributed by atoms with Gasteiger partial charge in [0.05, 0.1) is 12.9 Å². The summed E-state index contributed by atoms with van der Waals surface area (Å²) in [5.41, 5.74) is 16.5. The number of aliphatic carboxylic acids is 2. The van der Waals surface area contributed by atoms with E-state index < -0.39 is 30.6 Å². The number of fused-ring (bicyclic) bond motifs is 1. The lowest BCUT2D eigenvalue weighted by molar-refractivity contribution is -0.139. The molecule has 2 heterocycles. The van der Waals surface area contributed by atoms with Crippen molar-refractivity contribution in [3.63, 3.8) is 0 Å². The number of hydrogen-bond donors (Lipinski definition) is 8. The number of nitrogens with two attached hydrogens (primary N) is 3. The quantitative estimate of drug-likeness (QED) is 0.269. The second-order valence-electron chi connectivity index (χ2n) is 4.11. The molecular weight excluding hydrogens is 342 g/mol. The van der Waals surface area contributed by atoms with E-state index in [9.17, 15) is 9.59 Å². The van der Waals surface area contributed by atoms with E-state index in [0.717, 1.165) is 0 Å². The lowest BCUT2D eigenvalue weighted by Crippen LogP contribution is -2.33. The highest BCUT2D eigenvalue weighted by atomic mass is 32.1. The first-order valence-corrected chi connectivity index (χ1v) is 6.95. The molecule has 0 saturated heterocycles. The number of carboxylic acids is 2. The van der Waals surface area contributed by atoms with Crippen molar-refractivity contribution >= 4 is 41.5 Å². The first-order chi connectivity index (χ1) is 11.2. The first-order valence-electron chi connectivity index (χ1n) is 6.32. The highest BCUT2D eigenvalue weighted by Gasteiger charge is 2.07. The summed E-state index contributed by atoms with van der Waals surface area (Å²) in [6, 6.07) is -1.94. The molecule has 2 atom stereocenters. The Bertz CT molecular complexity index is 632. The third-order valence-corrected chi connectivity index (χ3v) is 2.67. The zero-order valence-corrected chi connectivity index (χ0v) is 13.3. The van der Waals surface area contributed by atoms with Gasteiger partial charge < -0.3 is 37.5 Å². The standard InChI is InChI=1S/C5H5N5.C3H7NO3.C3H7NO2S/c6-4-3-5(9-1-7-3)10-2-8-4;4-2(1-5)3(6)7;4-2(1-7)3(5)6/h1-2H,(H3,6,7,8,9,10);2,5H,1,4H2,(H,6,7);2,7H,1,4H2,(H,5,6)/t;2*2-/m.00/s1. The number of nitrogens with zero attached hydrogens (tertiary/aromatic N) is 3. The minimum absolute atomic E-state index is 0.190. The minimum Gasteiger partial charge on any atom is -0.480 e. The molecule has 0 aliphatic heterocycles. The number of rotatable bonds is 4. The third kappa shape index (κ3) is 7.68. The molecule has 0 unspecified atom stereocenters. The van der Waals surface area contributed by atoms with E-state index in [2.05, 4.69) is 32.6 Å². The van der Waals surface area contributed by atoms with Crippen LogP contribution in [0.4, 0.5) is 5.82 Å². The zero-order chi connectivity index (χ0) is 18.7. The van der Waals surface area contributed by atoms with Gasteiger partial charge in [-0.05, 0) is 0 Å². The molecular formula is C11H19N7O5S. The molecule has 0 aromatic carbocycles. The second-order valence-corrected chi connectivity index (χ2v) is 4.48. The highest BCUT2D eigenvalue weighted by molar-refractivity contribution is 7.80. The number of carbonyl (C=O) groups is 2. The van der Waals surface area contributed by atoms with Crippen LogP contribution >= 0.6 is 12.6 Å². The maximum absolute atomic E-state index is 9.76. The van der Waals surface area contributed by atoms with Gasteiger partial charge in [0.25, 0.3) is 0 Å². The Kier molecular flexibility index (Phi) is 9.97. The summed E-state index contributed by atoms with van der Waals surface area (Å²) >= 11 is 3.65. The number of aromatic amines is 1. The predicted octanol–water partition coefficient (Wildman–Crippen LogP) is -2.35. The van der Waals surface area contributed by atoms with Crippen molar-refractivity contribution in [1.82, 2.24) is 19.9 Å². The summed E-state index contributed by atoms with van der Waals surface area (Å²) in [5, 5.41) is 23.9. The van der Waals surface area contributed by atoms with E-state index in [1.54, 1.807) is 0 Å². The van der Waals surface area contributed by atoms with E-state index in [-0.39, 0.29) is 5.75 Å². The van der Waals surface area contributed by atoms with Crippen molar-refractivity contribution in [2.45, 2.75) is 12.1 Å². The Balaban J connectivity index is 0.000000343. The first kappa shape index (κ1) is 21.5. The number of imidazole rings is 1. The van der Waals surface area contributed by atoms with Gasteiger partial charge in [-0.25, -0.2) is 15.0 Å². The summed E-state index contributed by atoms with van der Waals surface area (Å²) in [6.45, 7) is -0.505. The number of aromatic nitrogens is 4. The number of hydrogen-bond acceptors (Lipinski definition) is 10. The minimum atomic E-state index is -1.18. The molecule has 24 heavy (non-hydrogen) atoms. The fourth-order valence-corrected chi connectivity index (χ4v) is 1.10. The van der Waals surface area contributed by atoms with Crippen LogP contribution in [-0.2, 0) is 9.59 Å². The zero-order valence-electron chi connectivity index (χ0n) is 12.4. The molecule has 0 aliphatic rings. The lowest BCUT2D eigenvalue weighted by atomic mass is 10.3. The van der Waals surface area contributed by atoms with Crippen LogP contribution in [-0.4, -0.2) is 71.6 Å². The number of aliphatic hydroxyl groups excluding tert-OH is 1. The van der Waals surface area contributed by atoms with Gasteiger partial charge in [0, 0.05) is 5.75 Å². The Morgan fingerprint density at radius 3 is 2.08 bits per heavy atom. The van der Waals surface area contributed by atoms with Crippen LogP contribution < -0.4 is 17.2 Å². The smallest absolute Gasteiger partial charge is 0.322 e. The van der Waals surface area contributed by atoms with E-state index >= 15 is 0 Å². The van der Waals surface area contributed by atoms with Crippen molar-refractivity contribution in [2.75, 3.05) is 18.1 Å². The molecule has 0 aliphatic carbocycles. The van der Waals surface area contributed by atoms with E-state index in [4.69, 9.17) is 32.5 Å². The normalized spacial score (nSPS) is 12.2. The van der Waals surface area contributed by atoms with Crippen LogP contribution in [0.2, 0.25) is 0 Å². The molecule has 0 radical (unpaired) electrons. The van der Waals surface area contributed by atoms with Gasteiger partial charge in [0.2, 0.25) is 0 Å². The molecule has 0 spiro atoms. The Morgan fingerprint density at radius 2 is 1.75 bits per heavy atom. The van der Waals surface area contributed by atoms with Crippen molar-refractivity contribution in [3.8, 4) is 0 Å². The van der Waals surface area contributed by atoms with Crippen LogP contribution in [0.3, 0.4) is 0 Å². The molecule has 2 rings (SSSR count). The molecule has 0 saturated carbocycles. The van der Waals surface area contributed by atoms with Crippen molar-refractivity contribution < 1.29 is 24.9 Å². The molecule has 10 N–H and O–H groups in total. The van der Waals surface area contributed by atoms with E-state index in [0.29, 0.717) is 17.0 Å². The highest BCUT2D eigenvalue weighted by Crippen LogP contribution is 2.09. The number of nitrogen functional groups attached to an aromatic ring is 1. The molecule has 2 aromatic rings. The number of nitrogens with one attached hydrogen (secondary N) is 1. The topological polar surface area (TPSA) is 227 Å². The lowest BCUT2D eigenvalue weighted by Gasteiger charge is -1.96. The summed E-state index contributed by atoms with van der Waals surface area (Å²) in [4.78, 5) is 33.8. The van der Waals surface area contributed by atoms with Gasteiger partial charge in [-0.1, -0.05) is 0 Å². The van der Waals surface area contributed by atoms with Crippen LogP contribution in [0.15, 0.2) is 12.7 Å². The van der Waals surface area contributed by atoms with Gasteiger partial charge in [-0.15, -0.1) is 0 Å². The van der Waals surface area contributed by atoms with Crippen LogP contribution in [0.25, 0.3) is 11.2 Å². The summed E-state index contributed by atoms with van der Waals surface area (Å²) in [5.74, 6) is -1.56. The van der Waals surface area contributed by atoms with Gasteiger partial charge >= 0.3 is 11.9 Å². The van der Waals surface area contributed by atoms with E-state index in [1.165, 1.54) is 12.7 Å². The summed E-state index contributed by atoms with van der Waals surface area (Å²) in [7, 11) is 0. The predicted molar refractivity (Wildman–Crippen MR) is 88.3 cm³/mol. The Hall–Kier alpha value is -2.48. The summed E-state index contributed by atoms with van der Waals surface area (Å²) < 4.78 is 0. The molecule has 13 heteroatoms. The average molecular weight is 361 g/mol. The van der Waals surface area contributed by atoms with Gasteiger partial charge in [0.1, 0.15) is 23.9 Å². The maximum atomic E-state index is 9.76. The average Bonchev–Trinajstić information content (AvgIpc) is 3.04. The Labute approximate surface area is 141 Å². The third-order valence-electron chi connectivity index (χ3n) is 2.28. The van der Waals surface area contributed by atoms with Crippen LogP contribution in [0, 0.1) is 0 Å². The number of carboxylic acid groups (broad SMARTS) is 2. The summed E-state index contributed by atoms with van der Waals surface area (Å²) in [6.07, 6.45) is 2.92. The maximum Gasteiger partial charge on any atom is 0.322 e. The van der Waals surface area contributed by atoms with Gasteiger partial charge in [-0.3, -0.25) is 9.59 Å². The fraction of sp³-hybridized carbons (Fsp3) is 0.364. The Morgan fingerprint density at radius 1 is 1.17 bits per heavy atom.